The highest BCUT2D eigenvalue weighted by molar-refractivity contribution is 5.94. The number of aromatic nitrogens is 1. The zero-order chi connectivity index (χ0) is 21.1. The molecule has 2 aliphatic rings. The molecule has 30 heavy (non-hydrogen) atoms. The van der Waals surface area contributed by atoms with Crippen molar-refractivity contribution in [2.24, 2.45) is 11.3 Å². The van der Waals surface area contributed by atoms with Gasteiger partial charge in [-0.1, -0.05) is 44.2 Å². The summed E-state index contributed by atoms with van der Waals surface area (Å²) >= 11 is 0. The van der Waals surface area contributed by atoms with Crippen LogP contribution in [0, 0.1) is 18.3 Å². The molecule has 0 bridgehead atoms. The standard InChI is InChI=1S/C25H34N4O/c1-19-16-26-23(27-24(30)25(2,3)22-9-10-22)15-21(19)18-29-13-11-28(12-14-29)17-20-7-5-4-6-8-20/h4-8,15-16,22H,9-14,17-18H2,1-3H3,(H,26,27,30). The van der Waals surface area contributed by atoms with Gasteiger partial charge in [0.2, 0.25) is 5.91 Å². The quantitative estimate of drug-likeness (QED) is 0.753. The first-order valence-corrected chi connectivity index (χ1v) is 11.2. The van der Waals surface area contributed by atoms with Crippen molar-refractivity contribution in [2.75, 3.05) is 31.5 Å². The average molecular weight is 407 g/mol. The summed E-state index contributed by atoms with van der Waals surface area (Å²) in [5, 5.41) is 3.07. The fourth-order valence-electron chi connectivity index (χ4n) is 4.26. The van der Waals surface area contributed by atoms with Gasteiger partial charge < -0.3 is 5.32 Å². The van der Waals surface area contributed by atoms with Gasteiger partial charge in [0.15, 0.2) is 0 Å². The third kappa shape index (κ3) is 5.08. The lowest BCUT2D eigenvalue weighted by Crippen LogP contribution is -2.45. The van der Waals surface area contributed by atoms with E-state index in [1.807, 2.05) is 20.0 Å². The molecule has 4 rings (SSSR count). The van der Waals surface area contributed by atoms with Crippen LogP contribution in [0.25, 0.3) is 0 Å². The number of nitrogens with one attached hydrogen (secondary N) is 1. The van der Waals surface area contributed by atoms with E-state index in [1.165, 1.54) is 16.7 Å². The fourth-order valence-corrected chi connectivity index (χ4v) is 4.26. The highest BCUT2D eigenvalue weighted by Crippen LogP contribution is 2.45. The van der Waals surface area contributed by atoms with Gasteiger partial charge in [0.1, 0.15) is 5.82 Å². The van der Waals surface area contributed by atoms with Gasteiger partial charge in [0.05, 0.1) is 0 Å². The molecule has 0 atom stereocenters. The Hall–Kier alpha value is -2.24. The van der Waals surface area contributed by atoms with E-state index in [1.54, 1.807) is 0 Å². The van der Waals surface area contributed by atoms with Gasteiger partial charge in [-0.15, -0.1) is 0 Å². The summed E-state index contributed by atoms with van der Waals surface area (Å²) in [5.74, 6) is 1.27. The number of hydrogen-bond acceptors (Lipinski definition) is 4. The normalized spacial score (nSPS) is 18.4. The summed E-state index contributed by atoms with van der Waals surface area (Å²) in [5.41, 5.74) is 3.49. The summed E-state index contributed by atoms with van der Waals surface area (Å²) in [6.07, 6.45) is 4.20. The Morgan fingerprint density at radius 3 is 2.33 bits per heavy atom. The van der Waals surface area contributed by atoms with Crippen molar-refractivity contribution in [1.82, 2.24) is 14.8 Å². The van der Waals surface area contributed by atoms with Crippen molar-refractivity contribution < 1.29 is 4.79 Å². The predicted octanol–water partition coefficient (Wildman–Crippen LogP) is 4.08. The zero-order valence-corrected chi connectivity index (χ0v) is 18.5. The Balaban J connectivity index is 1.32. The number of carbonyl (C=O) groups excluding carboxylic acids is 1. The Morgan fingerprint density at radius 1 is 1.07 bits per heavy atom. The van der Waals surface area contributed by atoms with Gasteiger partial charge in [0.25, 0.3) is 0 Å². The van der Waals surface area contributed by atoms with Crippen LogP contribution in [0.15, 0.2) is 42.6 Å². The van der Waals surface area contributed by atoms with E-state index in [-0.39, 0.29) is 11.3 Å². The van der Waals surface area contributed by atoms with Crippen LogP contribution in [0.1, 0.15) is 43.4 Å². The van der Waals surface area contributed by atoms with E-state index in [0.717, 1.165) is 52.1 Å². The second-order valence-corrected chi connectivity index (χ2v) is 9.48. The molecule has 2 aromatic rings. The molecular formula is C25H34N4O. The number of hydrogen-bond donors (Lipinski definition) is 1. The second kappa shape index (κ2) is 8.86. The van der Waals surface area contributed by atoms with Crippen LogP contribution in [-0.4, -0.2) is 46.9 Å². The minimum Gasteiger partial charge on any atom is -0.310 e. The van der Waals surface area contributed by atoms with Gasteiger partial charge in [-0.2, -0.15) is 0 Å². The number of pyridine rings is 1. The van der Waals surface area contributed by atoms with E-state index < -0.39 is 0 Å². The van der Waals surface area contributed by atoms with Crippen molar-refractivity contribution >= 4 is 11.7 Å². The first-order chi connectivity index (χ1) is 14.4. The molecule has 2 heterocycles. The number of amides is 1. The number of nitrogens with zero attached hydrogens (tertiary/aromatic N) is 3. The van der Waals surface area contributed by atoms with Crippen LogP contribution in [0.5, 0.6) is 0 Å². The van der Waals surface area contributed by atoms with Gasteiger partial charge in [-0.25, -0.2) is 4.98 Å². The molecule has 1 saturated carbocycles. The predicted molar refractivity (Wildman–Crippen MR) is 121 cm³/mol. The van der Waals surface area contributed by atoms with Crippen molar-refractivity contribution in [1.29, 1.82) is 0 Å². The second-order valence-electron chi connectivity index (χ2n) is 9.48. The lowest BCUT2D eigenvalue weighted by Gasteiger charge is -2.35. The van der Waals surface area contributed by atoms with Crippen LogP contribution in [0.2, 0.25) is 0 Å². The van der Waals surface area contributed by atoms with E-state index in [9.17, 15) is 4.79 Å². The van der Waals surface area contributed by atoms with Gasteiger partial charge in [-0.3, -0.25) is 14.6 Å². The lowest BCUT2D eigenvalue weighted by atomic mass is 9.86. The topological polar surface area (TPSA) is 48.5 Å². The molecule has 1 amide bonds. The van der Waals surface area contributed by atoms with Crippen molar-refractivity contribution in [3.63, 3.8) is 0 Å². The number of anilines is 1. The molecule has 5 heteroatoms. The molecule has 1 aliphatic heterocycles. The summed E-state index contributed by atoms with van der Waals surface area (Å²) in [6.45, 7) is 12.4. The maximum absolute atomic E-state index is 12.7. The summed E-state index contributed by atoms with van der Waals surface area (Å²) < 4.78 is 0. The maximum atomic E-state index is 12.7. The summed E-state index contributed by atoms with van der Waals surface area (Å²) in [6, 6.07) is 12.8. The zero-order valence-electron chi connectivity index (χ0n) is 18.5. The van der Waals surface area contributed by atoms with Crippen LogP contribution >= 0.6 is 0 Å². The number of carbonyl (C=O) groups is 1. The van der Waals surface area contributed by atoms with Gasteiger partial charge in [0, 0.05) is 50.9 Å². The minimum atomic E-state index is -0.318. The monoisotopic (exact) mass is 406 g/mol. The third-order valence-corrected chi connectivity index (χ3v) is 6.75. The number of aryl methyl sites for hydroxylation is 1. The smallest absolute Gasteiger partial charge is 0.231 e. The van der Waals surface area contributed by atoms with Crippen molar-refractivity contribution in [3.05, 3.63) is 59.3 Å². The fraction of sp³-hybridized carbons (Fsp3) is 0.520. The van der Waals surface area contributed by atoms with Crippen molar-refractivity contribution in [3.8, 4) is 0 Å². The van der Waals surface area contributed by atoms with E-state index >= 15 is 0 Å². The third-order valence-electron chi connectivity index (χ3n) is 6.75. The highest BCUT2D eigenvalue weighted by Gasteiger charge is 2.43. The lowest BCUT2D eigenvalue weighted by molar-refractivity contribution is -0.124. The molecular weight excluding hydrogens is 372 g/mol. The Labute approximate surface area is 180 Å². The molecule has 0 radical (unpaired) electrons. The maximum Gasteiger partial charge on any atom is 0.231 e. The Morgan fingerprint density at radius 2 is 1.70 bits per heavy atom. The summed E-state index contributed by atoms with van der Waals surface area (Å²) in [4.78, 5) is 22.2. The molecule has 5 nitrogen and oxygen atoms in total. The molecule has 0 unspecified atom stereocenters. The number of piperazine rings is 1. The van der Waals surface area contributed by atoms with E-state index in [4.69, 9.17) is 0 Å². The molecule has 1 aromatic carbocycles. The minimum absolute atomic E-state index is 0.0850. The van der Waals surface area contributed by atoms with Crippen LogP contribution < -0.4 is 5.32 Å². The molecule has 0 spiro atoms. The van der Waals surface area contributed by atoms with Gasteiger partial charge in [-0.05, 0) is 48.4 Å². The SMILES string of the molecule is Cc1cnc(NC(=O)C(C)(C)C2CC2)cc1CN1CCN(Cc2ccccc2)CC1. The largest absolute Gasteiger partial charge is 0.310 e. The van der Waals surface area contributed by atoms with Crippen molar-refractivity contribution in [2.45, 2.75) is 46.7 Å². The molecule has 1 N–H and O–H groups in total. The van der Waals surface area contributed by atoms with Crippen LogP contribution in [0.3, 0.4) is 0 Å². The van der Waals surface area contributed by atoms with Gasteiger partial charge >= 0.3 is 0 Å². The Bertz CT molecular complexity index is 868. The molecule has 1 aliphatic carbocycles. The van der Waals surface area contributed by atoms with E-state index in [2.05, 4.69) is 63.4 Å². The number of benzene rings is 1. The highest BCUT2D eigenvalue weighted by atomic mass is 16.2. The first kappa shape index (κ1) is 21.0. The molecule has 160 valence electrons. The van der Waals surface area contributed by atoms with Crippen LogP contribution in [0.4, 0.5) is 5.82 Å². The summed E-state index contributed by atoms with van der Waals surface area (Å²) in [7, 11) is 0. The Kier molecular flexibility index (Phi) is 6.21. The number of rotatable bonds is 7. The van der Waals surface area contributed by atoms with Crippen LogP contribution in [-0.2, 0) is 17.9 Å². The van der Waals surface area contributed by atoms with E-state index in [0.29, 0.717) is 11.7 Å². The first-order valence-electron chi connectivity index (χ1n) is 11.2. The molecule has 1 aromatic heterocycles. The average Bonchev–Trinajstić information content (AvgIpc) is 3.59. The molecule has 2 fully saturated rings. The molecule has 1 saturated heterocycles.